The van der Waals surface area contributed by atoms with E-state index in [0.29, 0.717) is 5.56 Å². The van der Waals surface area contributed by atoms with E-state index in [0.717, 1.165) is 0 Å². The lowest BCUT2D eigenvalue weighted by Gasteiger charge is -2.35. The number of hydrogen-bond donors (Lipinski definition) is 0. The second-order valence-electron chi connectivity index (χ2n) is 6.74. The highest BCUT2D eigenvalue weighted by atomic mass is 32.2. The van der Waals surface area contributed by atoms with E-state index in [2.05, 4.69) is 0 Å². The monoisotopic (exact) mass is 385 g/mol. The van der Waals surface area contributed by atoms with E-state index < -0.39 is 32.4 Å². The van der Waals surface area contributed by atoms with Crippen LogP contribution in [0.15, 0.2) is 65.6 Å². The fourth-order valence-corrected chi connectivity index (χ4v) is 4.98. The van der Waals surface area contributed by atoms with E-state index in [1.807, 2.05) is 6.07 Å². The first kappa shape index (κ1) is 20.7. The van der Waals surface area contributed by atoms with Crippen molar-refractivity contribution in [3.63, 3.8) is 0 Å². The summed E-state index contributed by atoms with van der Waals surface area (Å²) in [5.41, 5.74) is -0.624. The Kier molecular flexibility index (Phi) is 6.40. The van der Waals surface area contributed by atoms with Gasteiger partial charge in [-0.1, -0.05) is 48.5 Å². The Morgan fingerprint density at radius 1 is 1.07 bits per heavy atom. The van der Waals surface area contributed by atoms with Crippen molar-refractivity contribution < 1.29 is 17.9 Å². The lowest BCUT2D eigenvalue weighted by atomic mass is 9.73. The predicted octanol–water partition coefficient (Wildman–Crippen LogP) is 3.73. The molecule has 0 saturated heterocycles. The number of carbonyl (C=O) groups excluding carboxylic acids is 1. The molecule has 0 bridgehead atoms. The van der Waals surface area contributed by atoms with Crippen molar-refractivity contribution in [3.8, 4) is 6.07 Å². The van der Waals surface area contributed by atoms with E-state index in [1.165, 1.54) is 12.1 Å². The van der Waals surface area contributed by atoms with Gasteiger partial charge in [0, 0.05) is 5.92 Å². The molecule has 0 saturated carbocycles. The number of ether oxygens (including phenoxy) is 1. The second-order valence-corrected chi connectivity index (χ2v) is 8.81. The van der Waals surface area contributed by atoms with Crippen LogP contribution in [0.3, 0.4) is 0 Å². The minimum Gasteiger partial charge on any atom is -0.466 e. The summed E-state index contributed by atoms with van der Waals surface area (Å²) in [6, 6.07) is 18.6. The highest BCUT2D eigenvalue weighted by Gasteiger charge is 2.48. The maximum absolute atomic E-state index is 13.2. The molecule has 0 aliphatic rings. The highest BCUT2D eigenvalue weighted by Crippen LogP contribution is 2.43. The molecule has 5 nitrogen and oxygen atoms in total. The minimum atomic E-state index is -4.00. The molecule has 2 unspecified atom stereocenters. The third-order valence-corrected chi connectivity index (χ3v) is 6.55. The maximum Gasteiger partial charge on any atom is 0.312 e. The van der Waals surface area contributed by atoms with Gasteiger partial charge in [-0.15, -0.1) is 0 Å². The molecule has 0 fully saturated rings. The Labute approximate surface area is 160 Å². The van der Waals surface area contributed by atoms with Crippen molar-refractivity contribution in [3.05, 3.63) is 66.2 Å². The number of esters is 1. The lowest BCUT2D eigenvalue weighted by Crippen LogP contribution is -2.42. The van der Waals surface area contributed by atoms with E-state index >= 15 is 0 Å². The van der Waals surface area contributed by atoms with Gasteiger partial charge in [0.1, 0.15) is 0 Å². The molecule has 0 N–H and O–H groups in total. The second kappa shape index (κ2) is 8.36. The summed E-state index contributed by atoms with van der Waals surface area (Å²) < 4.78 is 31.6. The quantitative estimate of drug-likeness (QED) is 0.678. The molecule has 0 radical (unpaired) electrons. The Bertz CT molecular complexity index is 916. The highest BCUT2D eigenvalue weighted by molar-refractivity contribution is 7.92. The van der Waals surface area contributed by atoms with Crippen LogP contribution in [0.2, 0.25) is 0 Å². The van der Waals surface area contributed by atoms with Crippen molar-refractivity contribution in [2.24, 2.45) is 5.41 Å². The van der Waals surface area contributed by atoms with Crippen LogP contribution in [-0.2, 0) is 19.4 Å². The van der Waals surface area contributed by atoms with Crippen molar-refractivity contribution in [2.45, 2.75) is 36.8 Å². The Hall–Kier alpha value is -2.65. The van der Waals surface area contributed by atoms with Crippen molar-refractivity contribution in [2.75, 3.05) is 6.61 Å². The summed E-state index contributed by atoms with van der Waals surface area (Å²) in [5, 5.41) is 8.41. The summed E-state index contributed by atoms with van der Waals surface area (Å²) in [4.78, 5) is 12.7. The van der Waals surface area contributed by atoms with E-state index in [1.54, 1.807) is 69.3 Å². The fraction of sp³-hybridized carbons (Fsp3) is 0.333. The average Bonchev–Trinajstić information content (AvgIpc) is 2.67. The Morgan fingerprint density at radius 2 is 1.59 bits per heavy atom. The van der Waals surface area contributed by atoms with Crippen LogP contribution in [-0.4, -0.2) is 26.2 Å². The number of nitriles is 1. The Morgan fingerprint density at radius 3 is 2.07 bits per heavy atom. The van der Waals surface area contributed by atoms with E-state index in [4.69, 9.17) is 4.74 Å². The summed E-state index contributed by atoms with van der Waals surface area (Å²) >= 11 is 0. The van der Waals surface area contributed by atoms with Crippen LogP contribution in [0.5, 0.6) is 0 Å². The summed E-state index contributed by atoms with van der Waals surface area (Å²) in [6.45, 7) is 5.10. The van der Waals surface area contributed by atoms with Gasteiger partial charge >= 0.3 is 5.97 Å². The normalized spacial score (nSPS) is 14.0. The standard InChI is InChI=1S/C21H23NO4S/c1-4-26-20(23)21(2,3)19(16-11-7-5-8-12-16)18(15-22)27(24,25)17-13-9-6-10-14-17/h5-14,18-19H,4H2,1-3H3. The van der Waals surface area contributed by atoms with Crippen LogP contribution in [0, 0.1) is 16.7 Å². The smallest absolute Gasteiger partial charge is 0.312 e. The zero-order valence-corrected chi connectivity index (χ0v) is 16.4. The molecule has 0 amide bonds. The van der Waals surface area contributed by atoms with Crippen molar-refractivity contribution in [1.29, 1.82) is 5.26 Å². The van der Waals surface area contributed by atoms with E-state index in [9.17, 15) is 18.5 Å². The van der Waals surface area contributed by atoms with Crippen LogP contribution >= 0.6 is 0 Å². The van der Waals surface area contributed by atoms with Gasteiger partial charge in [0.2, 0.25) is 0 Å². The molecular weight excluding hydrogens is 362 g/mol. The fourth-order valence-electron chi connectivity index (χ4n) is 3.15. The number of rotatable bonds is 7. The van der Waals surface area contributed by atoms with Crippen molar-refractivity contribution >= 4 is 15.8 Å². The number of benzene rings is 2. The first-order valence-corrected chi connectivity index (χ1v) is 10.2. The van der Waals surface area contributed by atoms with Gasteiger partial charge in [0.25, 0.3) is 0 Å². The molecule has 0 aliphatic heterocycles. The van der Waals surface area contributed by atoms with Crippen LogP contribution in [0.25, 0.3) is 0 Å². The number of sulfone groups is 1. The van der Waals surface area contributed by atoms with E-state index in [-0.39, 0.29) is 11.5 Å². The maximum atomic E-state index is 13.2. The molecule has 2 atom stereocenters. The summed E-state index contributed by atoms with van der Waals surface area (Å²) in [5.74, 6) is -1.43. The van der Waals surface area contributed by atoms with Gasteiger partial charge in [-0.05, 0) is 38.5 Å². The average molecular weight is 385 g/mol. The van der Waals surface area contributed by atoms with Crippen LogP contribution in [0.1, 0.15) is 32.3 Å². The molecule has 0 aromatic heterocycles. The zero-order chi connectivity index (χ0) is 20.1. The van der Waals surface area contributed by atoms with Gasteiger partial charge in [0.15, 0.2) is 15.1 Å². The topological polar surface area (TPSA) is 84.2 Å². The molecule has 0 aliphatic carbocycles. The molecular formula is C21H23NO4S. The van der Waals surface area contributed by atoms with Crippen molar-refractivity contribution in [1.82, 2.24) is 0 Å². The third kappa shape index (κ3) is 4.20. The number of nitrogens with zero attached hydrogens (tertiary/aromatic N) is 1. The largest absolute Gasteiger partial charge is 0.466 e. The van der Waals surface area contributed by atoms with Crippen LogP contribution < -0.4 is 0 Å². The molecule has 2 aromatic rings. The number of hydrogen-bond acceptors (Lipinski definition) is 5. The summed E-state index contributed by atoms with van der Waals surface area (Å²) in [6.07, 6.45) is 0. The minimum absolute atomic E-state index is 0.0529. The van der Waals surface area contributed by atoms with Gasteiger partial charge in [0.05, 0.1) is 23.0 Å². The number of carbonyl (C=O) groups is 1. The molecule has 142 valence electrons. The molecule has 0 spiro atoms. The zero-order valence-electron chi connectivity index (χ0n) is 15.6. The Balaban J connectivity index is 2.65. The first-order chi connectivity index (χ1) is 12.8. The SMILES string of the molecule is CCOC(=O)C(C)(C)C(c1ccccc1)C(C#N)S(=O)(=O)c1ccccc1. The first-order valence-electron chi connectivity index (χ1n) is 8.67. The van der Waals surface area contributed by atoms with Crippen LogP contribution in [0.4, 0.5) is 0 Å². The lowest BCUT2D eigenvalue weighted by molar-refractivity contribution is -0.154. The van der Waals surface area contributed by atoms with Gasteiger partial charge in [-0.25, -0.2) is 8.42 Å². The van der Waals surface area contributed by atoms with Gasteiger partial charge in [-0.2, -0.15) is 5.26 Å². The molecule has 0 heterocycles. The molecule has 6 heteroatoms. The molecule has 2 rings (SSSR count). The molecule has 27 heavy (non-hydrogen) atoms. The summed E-state index contributed by atoms with van der Waals surface area (Å²) in [7, 11) is -4.00. The molecule has 2 aromatic carbocycles. The predicted molar refractivity (Wildman–Crippen MR) is 103 cm³/mol. The third-order valence-electron chi connectivity index (χ3n) is 4.57. The van der Waals surface area contributed by atoms with Gasteiger partial charge in [-0.3, -0.25) is 4.79 Å². The van der Waals surface area contributed by atoms with Gasteiger partial charge < -0.3 is 4.74 Å².